The molecule has 0 fully saturated rings. The number of esters is 1. The zero-order chi connectivity index (χ0) is 42.1. The lowest BCUT2D eigenvalue weighted by atomic mass is 10.2. The van der Waals surface area contributed by atoms with Crippen molar-refractivity contribution in [2.75, 3.05) is 7.11 Å². The Hall–Kier alpha value is -2.72. The molecular weight excluding hydrogens is 839 g/mol. The standard InChI is InChI=1S/C16H3F29O6/c1-47-2(46)3(17,8(23,24)25)48-14(40,41)5(20,10(29,30)31)50-16(44,45)7(22,12(35,36)37)51-15(42,43)6(21,11(32,33)34)49-13(38,39)4(18,19)9(26,27)28/h1H3/t3-,5+,6+,7+/m1/s1. The van der Waals surface area contributed by atoms with E-state index in [1.165, 1.54) is 4.74 Å². The number of alkyl halides is 29. The van der Waals surface area contributed by atoms with Gasteiger partial charge in [0.05, 0.1) is 7.11 Å². The molecule has 0 heterocycles. The van der Waals surface area contributed by atoms with Crippen LogP contribution in [0.4, 0.5) is 127 Å². The zero-order valence-corrected chi connectivity index (χ0v) is 21.9. The van der Waals surface area contributed by atoms with Gasteiger partial charge in [0, 0.05) is 0 Å². The third-order valence-electron chi connectivity index (χ3n) is 4.83. The van der Waals surface area contributed by atoms with Crippen LogP contribution in [-0.2, 0) is 28.5 Å². The molecule has 0 aliphatic carbocycles. The van der Waals surface area contributed by atoms with Gasteiger partial charge >= 0.3 is 90.6 Å². The molecule has 0 aliphatic heterocycles. The molecule has 6 nitrogen and oxygen atoms in total. The second-order valence-electron chi connectivity index (χ2n) is 8.41. The fourth-order valence-electron chi connectivity index (χ4n) is 2.33. The van der Waals surface area contributed by atoms with Crippen LogP contribution in [0.15, 0.2) is 0 Å². The molecule has 0 aromatic carbocycles. The Balaban J connectivity index is 7.72. The summed E-state index contributed by atoms with van der Waals surface area (Å²) in [7, 11) is -0.505. The van der Waals surface area contributed by atoms with E-state index in [-0.39, 0.29) is 0 Å². The normalized spacial score (nSPS) is 20.2. The van der Waals surface area contributed by atoms with E-state index in [4.69, 9.17) is 0 Å². The summed E-state index contributed by atoms with van der Waals surface area (Å²) >= 11 is 0. The van der Waals surface area contributed by atoms with Gasteiger partial charge in [-0.2, -0.15) is 127 Å². The van der Waals surface area contributed by atoms with Crippen LogP contribution in [-0.4, -0.2) is 97.7 Å². The first-order valence-corrected chi connectivity index (χ1v) is 10.4. The first kappa shape index (κ1) is 48.3. The summed E-state index contributed by atoms with van der Waals surface area (Å²) in [4.78, 5) is 10.9. The van der Waals surface area contributed by atoms with Crippen LogP contribution < -0.4 is 0 Å². The van der Waals surface area contributed by atoms with Crippen molar-refractivity contribution in [1.29, 1.82) is 0 Å². The SMILES string of the molecule is COC(=O)[C@@](F)(OC(F)(F)[C@@](F)(OC(F)(F)[C@@](F)(OC(F)(F)[C@@](F)(OC(F)(F)C(F)(F)C(F)(F)F)C(F)(F)F)C(F)(F)F)C(F)(F)F)C(F)(F)F. The molecule has 0 spiro atoms. The minimum absolute atomic E-state index is 0.505. The van der Waals surface area contributed by atoms with Gasteiger partial charge in [-0.05, 0) is 0 Å². The largest absolute Gasteiger partial charge is 0.465 e. The number of ether oxygens (including phenoxy) is 5. The number of hydrogen-bond acceptors (Lipinski definition) is 6. The van der Waals surface area contributed by atoms with E-state index in [2.05, 4.69) is 4.74 Å². The van der Waals surface area contributed by atoms with Gasteiger partial charge in [0.1, 0.15) is 0 Å². The van der Waals surface area contributed by atoms with E-state index in [1.807, 2.05) is 0 Å². The van der Waals surface area contributed by atoms with Crippen LogP contribution in [0.5, 0.6) is 0 Å². The molecule has 306 valence electrons. The Kier molecular flexibility index (Phi) is 12.0. The van der Waals surface area contributed by atoms with Gasteiger partial charge < -0.3 is 4.74 Å². The van der Waals surface area contributed by atoms with E-state index in [0.717, 1.165) is 14.2 Å². The Morgan fingerprint density at radius 1 is 0.333 bits per heavy atom. The lowest BCUT2D eigenvalue weighted by Crippen LogP contribution is -2.72. The van der Waals surface area contributed by atoms with Gasteiger partial charge in [0.15, 0.2) is 0 Å². The number of hydrogen-bond donors (Lipinski definition) is 0. The summed E-state index contributed by atoms with van der Waals surface area (Å²) in [5.41, 5.74) is 0. The van der Waals surface area contributed by atoms with Crippen molar-refractivity contribution in [3.8, 4) is 0 Å². The van der Waals surface area contributed by atoms with Gasteiger partial charge in [0.25, 0.3) is 0 Å². The van der Waals surface area contributed by atoms with Crippen molar-refractivity contribution in [3.05, 3.63) is 0 Å². The Bertz CT molecular complexity index is 1250. The third kappa shape index (κ3) is 7.97. The summed E-state index contributed by atoms with van der Waals surface area (Å²) < 4.78 is 392. The molecule has 0 unspecified atom stereocenters. The highest BCUT2D eigenvalue weighted by atomic mass is 19.4. The average Bonchev–Trinajstić information content (AvgIpc) is 2.83. The number of halogens is 29. The minimum Gasteiger partial charge on any atom is -0.465 e. The Morgan fingerprint density at radius 3 is 0.765 bits per heavy atom. The second kappa shape index (κ2) is 12.7. The van der Waals surface area contributed by atoms with Crippen molar-refractivity contribution in [1.82, 2.24) is 0 Å². The van der Waals surface area contributed by atoms with Crippen LogP contribution in [0, 0.1) is 0 Å². The summed E-state index contributed by atoms with van der Waals surface area (Å²) in [6.45, 7) is 0. The quantitative estimate of drug-likeness (QED) is 0.137. The lowest BCUT2D eigenvalue weighted by Gasteiger charge is -2.43. The van der Waals surface area contributed by atoms with E-state index in [0.29, 0.717) is 0 Å². The molecule has 4 atom stereocenters. The molecule has 0 rings (SSSR count). The van der Waals surface area contributed by atoms with Crippen molar-refractivity contribution in [3.63, 3.8) is 0 Å². The Morgan fingerprint density at radius 2 is 0.569 bits per heavy atom. The van der Waals surface area contributed by atoms with Gasteiger partial charge in [-0.25, -0.2) is 4.79 Å². The van der Waals surface area contributed by atoms with Gasteiger partial charge in [-0.3, -0.25) is 18.9 Å². The highest BCUT2D eigenvalue weighted by molar-refractivity contribution is 5.78. The van der Waals surface area contributed by atoms with Gasteiger partial charge in [0.2, 0.25) is 0 Å². The molecule has 0 bridgehead atoms. The topological polar surface area (TPSA) is 63.2 Å². The summed E-state index contributed by atoms with van der Waals surface area (Å²) in [6, 6.07) is 0. The van der Waals surface area contributed by atoms with Crippen LogP contribution in [0.1, 0.15) is 0 Å². The van der Waals surface area contributed by atoms with Crippen molar-refractivity contribution >= 4 is 5.97 Å². The highest BCUT2D eigenvalue weighted by Crippen LogP contribution is 2.61. The van der Waals surface area contributed by atoms with E-state index >= 15 is 0 Å². The van der Waals surface area contributed by atoms with Gasteiger partial charge in [-0.15, -0.1) is 0 Å². The van der Waals surface area contributed by atoms with Crippen molar-refractivity contribution in [2.45, 2.75) is 84.7 Å². The number of rotatable bonds is 13. The highest BCUT2D eigenvalue weighted by Gasteiger charge is 2.90. The first-order chi connectivity index (χ1) is 21.6. The molecule has 0 amide bonds. The van der Waals surface area contributed by atoms with Crippen LogP contribution in [0.3, 0.4) is 0 Å². The maximum Gasteiger partial charge on any atom is 0.462 e. The van der Waals surface area contributed by atoms with E-state index in [1.54, 1.807) is 0 Å². The average molecular weight is 842 g/mol. The molecule has 0 radical (unpaired) electrons. The third-order valence-corrected chi connectivity index (χ3v) is 4.83. The maximum absolute atomic E-state index is 14.4. The number of methoxy groups -OCH3 is 1. The predicted octanol–water partition coefficient (Wildman–Crippen LogP) is 8.71. The van der Waals surface area contributed by atoms with E-state index in [9.17, 15) is 132 Å². The molecular formula is C16H3F29O6. The van der Waals surface area contributed by atoms with Crippen LogP contribution in [0.25, 0.3) is 0 Å². The van der Waals surface area contributed by atoms with Crippen LogP contribution in [0.2, 0.25) is 0 Å². The predicted molar refractivity (Wildman–Crippen MR) is 86.7 cm³/mol. The molecule has 0 aromatic heterocycles. The molecule has 35 heteroatoms. The molecule has 0 saturated heterocycles. The summed E-state index contributed by atoms with van der Waals surface area (Å²) in [5, 5.41) is 0. The molecule has 51 heavy (non-hydrogen) atoms. The minimum atomic E-state index is -9.24. The summed E-state index contributed by atoms with van der Waals surface area (Å²) in [5.74, 6) is -47.0. The molecule has 0 aliphatic rings. The Labute approximate surface area is 255 Å². The van der Waals surface area contributed by atoms with Crippen molar-refractivity contribution in [2.24, 2.45) is 0 Å². The van der Waals surface area contributed by atoms with Crippen LogP contribution >= 0.6 is 0 Å². The fourth-order valence-corrected chi connectivity index (χ4v) is 2.33. The second-order valence-corrected chi connectivity index (χ2v) is 8.41. The molecule has 0 N–H and O–H groups in total. The lowest BCUT2D eigenvalue weighted by molar-refractivity contribution is -0.592. The number of carbonyl (C=O) groups excluding carboxylic acids is 1. The first-order valence-electron chi connectivity index (χ1n) is 10.4. The van der Waals surface area contributed by atoms with Crippen molar-refractivity contribution < 1.29 is 156 Å². The zero-order valence-electron chi connectivity index (χ0n) is 21.9. The monoisotopic (exact) mass is 842 g/mol. The number of carbonyl (C=O) groups is 1. The smallest absolute Gasteiger partial charge is 0.462 e. The fraction of sp³-hybridized carbons (Fsp3) is 0.938. The maximum atomic E-state index is 14.4. The molecule has 0 aromatic rings. The van der Waals surface area contributed by atoms with E-state index < -0.39 is 97.7 Å². The summed E-state index contributed by atoms with van der Waals surface area (Å²) in [6.07, 6.45) is -77.4. The van der Waals surface area contributed by atoms with Gasteiger partial charge in [-0.1, -0.05) is 0 Å². The molecule has 0 saturated carbocycles.